The number of hydrogen-bond acceptors (Lipinski definition) is 5. The number of nitrogens with one attached hydrogen (secondary N) is 1. The Bertz CT molecular complexity index is 880. The molecule has 0 spiro atoms. The van der Waals surface area contributed by atoms with Gasteiger partial charge in [0.25, 0.3) is 5.91 Å². The van der Waals surface area contributed by atoms with Gasteiger partial charge in [-0.25, -0.2) is 8.42 Å². The van der Waals surface area contributed by atoms with Crippen LogP contribution in [-0.2, 0) is 21.4 Å². The Morgan fingerprint density at radius 3 is 2.18 bits per heavy atom. The highest BCUT2D eigenvalue weighted by atomic mass is 32.2. The summed E-state index contributed by atoms with van der Waals surface area (Å²) in [5.74, 6) is 1.03. The summed E-state index contributed by atoms with van der Waals surface area (Å²) in [6, 6.07) is 14.0. The largest absolute Gasteiger partial charge is 0.494 e. The van der Waals surface area contributed by atoms with E-state index in [4.69, 9.17) is 9.47 Å². The van der Waals surface area contributed by atoms with Crippen LogP contribution in [0.3, 0.4) is 0 Å². The van der Waals surface area contributed by atoms with E-state index in [-0.39, 0.29) is 5.91 Å². The molecule has 0 fully saturated rings. The monoisotopic (exact) mass is 406 g/mol. The normalized spacial score (nSPS) is 12.1. The first-order chi connectivity index (χ1) is 13.2. The fourth-order valence-corrected chi connectivity index (χ4v) is 2.89. The van der Waals surface area contributed by atoms with Crippen molar-refractivity contribution in [3.05, 3.63) is 54.1 Å². The van der Waals surface area contributed by atoms with E-state index in [9.17, 15) is 13.2 Å². The molecule has 0 unspecified atom stereocenters. The molecule has 28 heavy (non-hydrogen) atoms. The van der Waals surface area contributed by atoms with Crippen molar-refractivity contribution in [2.45, 2.75) is 26.5 Å². The van der Waals surface area contributed by atoms with Crippen LogP contribution < -0.4 is 19.1 Å². The Morgan fingerprint density at radius 2 is 1.64 bits per heavy atom. The minimum atomic E-state index is -3.32. The smallest absolute Gasteiger partial charge is 0.261 e. The summed E-state index contributed by atoms with van der Waals surface area (Å²) in [5, 5.41) is 2.83. The highest BCUT2D eigenvalue weighted by Gasteiger charge is 2.15. The maximum absolute atomic E-state index is 12.2. The molecule has 7 nitrogen and oxygen atoms in total. The first kappa shape index (κ1) is 21.6. The number of benzene rings is 2. The molecule has 1 atom stereocenters. The van der Waals surface area contributed by atoms with Crippen LogP contribution in [0.15, 0.2) is 48.5 Å². The molecule has 8 heteroatoms. The van der Waals surface area contributed by atoms with E-state index in [1.54, 1.807) is 31.2 Å². The second-order valence-corrected chi connectivity index (χ2v) is 8.29. The highest BCUT2D eigenvalue weighted by molar-refractivity contribution is 7.92. The summed E-state index contributed by atoms with van der Waals surface area (Å²) in [6.45, 7) is 4.57. The van der Waals surface area contributed by atoms with Gasteiger partial charge in [-0.15, -0.1) is 0 Å². The first-order valence-corrected chi connectivity index (χ1v) is 10.8. The van der Waals surface area contributed by atoms with E-state index in [2.05, 4.69) is 5.32 Å². The molecule has 0 saturated carbocycles. The lowest BCUT2D eigenvalue weighted by atomic mass is 10.2. The Kier molecular flexibility index (Phi) is 7.28. The molecule has 1 N–H and O–H groups in total. The predicted molar refractivity (Wildman–Crippen MR) is 109 cm³/mol. The Labute approximate surface area is 166 Å². The van der Waals surface area contributed by atoms with E-state index in [1.807, 2.05) is 31.2 Å². The summed E-state index contributed by atoms with van der Waals surface area (Å²) in [6.07, 6.45) is 0.440. The van der Waals surface area contributed by atoms with E-state index in [0.717, 1.165) is 17.6 Å². The molecule has 2 rings (SSSR count). The molecule has 0 bridgehead atoms. The molecule has 1 amide bonds. The lowest BCUT2D eigenvalue weighted by molar-refractivity contribution is -0.127. The van der Waals surface area contributed by atoms with E-state index >= 15 is 0 Å². The van der Waals surface area contributed by atoms with Crippen molar-refractivity contribution in [3.8, 4) is 11.5 Å². The summed E-state index contributed by atoms with van der Waals surface area (Å²) in [5.41, 5.74) is 1.47. The Morgan fingerprint density at radius 1 is 1.07 bits per heavy atom. The molecule has 152 valence electrons. The number of rotatable bonds is 9. The fraction of sp³-hybridized carbons (Fsp3) is 0.350. The third-order valence-corrected chi connectivity index (χ3v) is 5.29. The molecule has 0 aliphatic heterocycles. The van der Waals surface area contributed by atoms with Crippen LogP contribution in [0.5, 0.6) is 11.5 Å². The van der Waals surface area contributed by atoms with Crippen LogP contribution in [0.25, 0.3) is 0 Å². The van der Waals surface area contributed by atoms with Gasteiger partial charge in [-0.1, -0.05) is 12.1 Å². The van der Waals surface area contributed by atoms with Gasteiger partial charge in [0.2, 0.25) is 10.0 Å². The van der Waals surface area contributed by atoms with Crippen molar-refractivity contribution in [3.63, 3.8) is 0 Å². The van der Waals surface area contributed by atoms with Crippen LogP contribution in [0.2, 0.25) is 0 Å². The van der Waals surface area contributed by atoms with Crippen molar-refractivity contribution in [1.29, 1.82) is 0 Å². The quantitative estimate of drug-likeness (QED) is 0.692. The number of ether oxygens (including phenoxy) is 2. The first-order valence-electron chi connectivity index (χ1n) is 8.90. The molecule has 0 heterocycles. The van der Waals surface area contributed by atoms with Gasteiger partial charge in [0.1, 0.15) is 11.5 Å². The second-order valence-electron chi connectivity index (χ2n) is 6.28. The van der Waals surface area contributed by atoms with Crippen molar-refractivity contribution in [1.82, 2.24) is 5.32 Å². The van der Waals surface area contributed by atoms with Gasteiger partial charge < -0.3 is 14.8 Å². The minimum Gasteiger partial charge on any atom is -0.494 e. The van der Waals surface area contributed by atoms with Gasteiger partial charge >= 0.3 is 0 Å². The molecule has 0 radical (unpaired) electrons. The van der Waals surface area contributed by atoms with Gasteiger partial charge in [-0.2, -0.15) is 0 Å². The minimum absolute atomic E-state index is 0.244. The van der Waals surface area contributed by atoms with Crippen molar-refractivity contribution < 1.29 is 22.7 Å². The van der Waals surface area contributed by atoms with Crippen LogP contribution in [0.4, 0.5) is 5.69 Å². The second kappa shape index (κ2) is 9.45. The molecule has 0 aliphatic carbocycles. The lowest BCUT2D eigenvalue weighted by Crippen LogP contribution is -2.35. The van der Waals surface area contributed by atoms with Crippen LogP contribution in [0.1, 0.15) is 19.4 Å². The average molecular weight is 407 g/mol. The summed E-state index contributed by atoms with van der Waals surface area (Å²) in [7, 11) is -1.85. The Hall–Kier alpha value is -2.74. The maximum Gasteiger partial charge on any atom is 0.261 e. The summed E-state index contributed by atoms with van der Waals surface area (Å²) >= 11 is 0. The summed E-state index contributed by atoms with van der Waals surface area (Å²) in [4.78, 5) is 12.2. The SMILES string of the molecule is CCOc1ccc(CNC(=O)[C@H](C)Oc2ccc(N(C)S(C)(=O)=O)cc2)cc1. The van der Waals surface area contributed by atoms with Crippen molar-refractivity contribution in [2.75, 3.05) is 24.2 Å². The zero-order valence-electron chi connectivity index (χ0n) is 16.5. The van der Waals surface area contributed by atoms with E-state index in [1.165, 1.54) is 11.4 Å². The van der Waals surface area contributed by atoms with E-state index < -0.39 is 16.1 Å². The number of nitrogens with zero attached hydrogens (tertiary/aromatic N) is 1. The fourth-order valence-electron chi connectivity index (χ4n) is 2.39. The van der Waals surface area contributed by atoms with E-state index in [0.29, 0.717) is 24.6 Å². The number of anilines is 1. The topological polar surface area (TPSA) is 84.9 Å². The van der Waals surface area contributed by atoms with Gasteiger partial charge in [0.05, 0.1) is 18.6 Å². The molecular weight excluding hydrogens is 380 g/mol. The standard InChI is InChI=1S/C20H26N2O5S/c1-5-26-18-10-6-16(7-11-18)14-21-20(23)15(2)27-19-12-8-17(9-13-19)22(3)28(4,24)25/h6-13,15H,5,14H2,1-4H3,(H,21,23)/t15-/m0/s1. The molecule has 0 aromatic heterocycles. The molecule has 2 aromatic carbocycles. The third kappa shape index (κ3) is 6.16. The zero-order chi connectivity index (χ0) is 20.7. The molecular formula is C20H26N2O5S. The third-order valence-electron chi connectivity index (χ3n) is 4.08. The maximum atomic E-state index is 12.2. The number of carbonyl (C=O) groups is 1. The zero-order valence-corrected chi connectivity index (χ0v) is 17.3. The number of carbonyl (C=O) groups excluding carboxylic acids is 1. The van der Waals surface area contributed by atoms with Crippen LogP contribution in [0, 0.1) is 0 Å². The van der Waals surface area contributed by atoms with Crippen LogP contribution >= 0.6 is 0 Å². The predicted octanol–water partition coefficient (Wildman–Crippen LogP) is 2.56. The highest BCUT2D eigenvalue weighted by Crippen LogP contribution is 2.21. The van der Waals surface area contributed by atoms with Gasteiger partial charge in [-0.05, 0) is 55.8 Å². The molecule has 0 saturated heterocycles. The van der Waals surface area contributed by atoms with Gasteiger partial charge in [0, 0.05) is 13.6 Å². The number of sulfonamides is 1. The molecule has 2 aromatic rings. The van der Waals surface area contributed by atoms with Crippen molar-refractivity contribution in [2.24, 2.45) is 0 Å². The van der Waals surface area contributed by atoms with Crippen LogP contribution in [-0.4, -0.2) is 40.3 Å². The van der Waals surface area contributed by atoms with Gasteiger partial charge in [-0.3, -0.25) is 9.10 Å². The number of amides is 1. The number of hydrogen-bond donors (Lipinski definition) is 1. The average Bonchev–Trinajstić information content (AvgIpc) is 2.66. The van der Waals surface area contributed by atoms with Gasteiger partial charge in [0.15, 0.2) is 6.10 Å². The molecule has 0 aliphatic rings. The lowest BCUT2D eigenvalue weighted by Gasteiger charge is -2.18. The Balaban J connectivity index is 1.88. The summed E-state index contributed by atoms with van der Waals surface area (Å²) < 4.78 is 35.3. The van der Waals surface area contributed by atoms with Crippen molar-refractivity contribution >= 4 is 21.6 Å².